The Balaban J connectivity index is 2.77. The average molecular weight is 196 g/mol. The van der Waals surface area contributed by atoms with Gasteiger partial charge in [-0.25, -0.2) is 0 Å². The Morgan fingerprint density at radius 3 is 1.79 bits per heavy atom. The monoisotopic (exact) mass is 196 g/mol. The van der Waals surface area contributed by atoms with Gasteiger partial charge in [0.15, 0.2) is 0 Å². The molecule has 0 heteroatoms. The molecule has 0 N–H and O–H groups in total. The van der Waals surface area contributed by atoms with Crippen LogP contribution >= 0.6 is 0 Å². The summed E-state index contributed by atoms with van der Waals surface area (Å²) >= 11 is 0. The average Bonchev–Trinajstić information content (AvgIpc) is 2.16. The molecule has 1 fully saturated rings. The van der Waals surface area contributed by atoms with E-state index in [9.17, 15) is 0 Å². The molecule has 1 unspecified atom stereocenters. The molecule has 0 amide bonds. The summed E-state index contributed by atoms with van der Waals surface area (Å²) in [5.41, 5.74) is 1.01. The Bertz CT molecular complexity index is 169. The Morgan fingerprint density at radius 1 is 0.929 bits per heavy atom. The summed E-state index contributed by atoms with van der Waals surface area (Å²) in [4.78, 5) is 0. The van der Waals surface area contributed by atoms with Crippen LogP contribution in [0.5, 0.6) is 0 Å². The smallest absolute Gasteiger partial charge is 0.0252 e. The third-order valence-corrected chi connectivity index (χ3v) is 4.95. The van der Waals surface area contributed by atoms with Crippen molar-refractivity contribution in [3.63, 3.8) is 0 Å². The molecule has 1 saturated carbocycles. The molecule has 0 aromatic rings. The lowest BCUT2D eigenvalue weighted by Gasteiger charge is -2.49. The molecule has 0 aliphatic heterocycles. The van der Waals surface area contributed by atoms with E-state index in [-0.39, 0.29) is 0 Å². The maximum Gasteiger partial charge on any atom is -0.0252 e. The summed E-state index contributed by atoms with van der Waals surface area (Å²) in [6, 6.07) is 0. The minimum absolute atomic E-state index is 0.462. The van der Waals surface area contributed by atoms with E-state index in [0.29, 0.717) is 10.8 Å². The predicted octanol–water partition coefficient (Wildman–Crippen LogP) is 5.03. The standard InChI is InChI=1S/C14H28/c1-6-14(5,13(2,3)4)12-10-8-7-9-11-12/h12H,6-11H2,1-5H3. The molecule has 0 nitrogen and oxygen atoms in total. The summed E-state index contributed by atoms with van der Waals surface area (Å²) in [7, 11) is 0. The molecule has 14 heavy (non-hydrogen) atoms. The van der Waals surface area contributed by atoms with Gasteiger partial charge in [-0.3, -0.25) is 0 Å². The van der Waals surface area contributed by atoms with Crippen LogP contribution in [0.1, 0.15) is 73.1 Å². The molecule has 0 saturated heterocycles. The van der Waals surface area contributed by atoms with E-state index in [1.54, 1.807) is 0 Å². The lowest BCUT2D eigenvalue weighted by molar-refractivity contribution is 0.00988. The summed E-state index contributed by atoms with van der Waals surface area (Å²) in [5.74, 6) is 0.973. The topological polar surface area (TPSA) is 0 Å². The van der Waals surface area contributed by atoms with Gasteiger partial charge in [0.05, 0.1) is 0 Å². The summed E-state index contributed by atoms with van der Waals surface area (Å²) in [5, 5.41) is 0. The van der Waals surface area contributed by atoms with Gasteiger partial charge in [-0.2, -0.15) is 0 Å². The third-order valence-electron chi connectivity index (χ3n) is 4.95. The highest BCUT2D eigenvalue weighted by molar-refractivity contribution is 4.92. The van der Waals surface area contributed by atoms with Crippen LogP contribution in [0.15, 0.2) is 0 Å². The first-order chi connectivity index (χ1) is 6.42. The Hall–Kier alpha value is 0. The molecule has 84 valence electrons. The largest absolute Gasteiger partial charge is 0.0648 e. The van der Waals surface area contributed by atoms with E-state index < -0.39 is 0 Å². The van der Waals surface area contributed by atoms with Gasteiger partial charge in [0.2, 0.25) is 0 Å². The molecular formula is C14H28. The summed E-state index contributed by atoms with van der Waals surface area (Å²) in [6.07, 6.45) is 8.69. The highest BCUT2D eigenvalue weighted by atomic mass is 14.5. The minimum atomic E-state index is 0.462. The van der Waals surface area contributed by atoms with Crippen LogP contribution in [-0.4, -0.2) is 0 Å². The fourth-order valence-corrected chi connectivity index (χ4v) is 3.17. The van der Waals surface area contributed by atoms with Crippen molar-refractivity contribution in [2.45, 2.75) is 73.1 Å². The molecule has 0 aromatic heterocycles. The third kappa shape index (κ3) is 2.15. The number of rotatable bonds is 2. The van der Waals surface area contributed by atoms with E-state index in [0.717, 1.165) is 5.92 Å². The SMILES string of the molecule is CCC(C)(C1CCCCC1)C(C)(C)C. The van der Waals surface area contributed by atoms with Crippen LogP contribution in [0.4, 0.5) is 0 Å². The zero-order chi connectivity index (χ0) is 10.8. The van der Waals surface area contributed by atoms with Gasteiger partial charge in [-0.1, -0.05) is 53.9 Å². The van der Waals surface area contributed by atoms with Gasteiger partial charge in [-0.05, 0) is 36.0 Å². The second kappa shape index (κ2) is 4.24. The molecule has 1 aliphatic carbocycles. The van der Waals surface area contributed by atoms with Gasteiger partial charge in [-0.15, -0.1) is 0 Å². The maximum absolute atomic E-state index is 2.52. The summed E-state index contributed by atoms with van der Waals surface area (Å²) in [6.45, 7) is 12.2. The zero-order valence-corrected chi connectivity index (χ0v) is 10.8. The highest BCUT2D eigenvalue weighted by Gasteiger charge is 2.42. The van der Waals surface area contributed by atoms with E-state index in [1.807, 2.05) is 0 Å². The molecule has 0 aromatic carbocycles. The van der Waals surface area contributed by atoms with E-state index >= 15 is 0 Å². The van der Waals surface area contributed by atoms with Crippen LogP contribution in [0.2, 0.25) is 0 Å². The quantitative estimate of drug-likeness (QED) is 0.581. The van der Waals surface area contributed by atoms with Gasteiger partial charge in [0.25, 0.3) is 0 Å². The van der Waals surface area contributed by atoms with E-state index in [4.69, 9.17) is 0 Å². The first-order valence-electron chi connectivity index (χ1n) is 6.42. The van der Waals surface area contributed by atoms with Crippen molar-refractivity contribution >= 4 is 0 Å². The maximum atomic E-state index is 2.52. The second-order valence-electron chi connectivity index (χ2n) is 6.36. The van der Waals surface area contributed by atoms with Crippen LogP contribution in [0.25, 0.3) is 0 Å². The fourth-order valence-electron chi connectivity index (χ4n) is 3.17. The van der Waals surface area contributed by atoms with Gasteiger partial charge in [0, 0.05) is 0 Å². The van der Waals surface area contributed by atoms with Crippen LogP contribution in [0, 0.1) is 16.7 Å². The minimum Gasteiger partial charge on any atom is -0.0648 e. The first kappa shape index (κ1) is 12.1. The van der Waals surface area contributed by atoms with Crippen LogP contribution in [-0.2, 0) is 0 Å². The fraction of sp³-hybridized carbons (Fsp3) is 1.00. The van der Waals surface area contributed by atoms with Crippen LogP contribution < -0.4 is 0 Å². The van der Waals surface area contributed by atoms with Crippen molar-refractivity contribution in [2.24, 2.45) is 16.7 Å². The molecule has 0 spiro atoms. The Morgan fingerprint density at radius 2 is 1.43 bits per heavy atom. The lowest BCUT2D eigenvalue weighted by atomic mass is 9.56. The lowest BCUT2D eigenvalue weighted by Crippen LogP contribution is -2.40. The van der Waals surface area contributed by atoms with Crippen LogP contribution in [0.3, 0.4) is 0 Å². The van der Waals surface area contributed by atoms with Crippen molar-refractivity contribution < 1.29 is 0 Å². The molecule has 1 atom stereocenters. The van der Waals surface area contributed by atoms with Crippen molar-refractivity contribution in [2.75, 3.05) is 0 Å². The highest BCUT2D eigenvalue weighted by Crippen LogP contribution is 2.51. The molecule has 0 heterocycles. The van der Waals surface area contributed by atoms with Gasteiger partial charge in [0.1, 0.15) is 0 Å². The second-order valence-corrected chi connectivity index (χ2v) is 6.36. The normalized spacial score (nSPS) is 24.6. The van der Waals surface area contributed by atoms with Crippen molar-refractivity contribution in [1.29, 1.82) is 0 Å². The molecule has 1 rings (SSSR count). The van der Waals surface area contributed by atoms with Gasteiger partial charge >= 0.3 is 0 Å². The Kier molecular flexibility index (Phi) is 3.66. The van der Waals surface area contributed by atoms with E-state index in [2.05, 4.69) is 34.6 Å². The molecular weight excluding hydrogens is 168 g/mol. The summed E-state index contributed by atoms with van der Waals surface area (Å²) < 4.78 is 0. The molecule has 0 radical (unpaired) electrons. The number of hydrogen-bond acceptors (Lipinski definition) is 0. The van der Waals surface area contributed by atoms with Crippen molar-refractivity contribution in [3.8, 4) is 0 Å². The molecule has 0 bridgehead atoms. The Labute approximate surface area is 90.5 Å². The molecule has 1 aliphatic rings. The zero-order valence-electron chi connectivity index (χ0n) is 10.8. The first-order valence-corrected chi connectivity index (χ1v) is 6.42. The van der Waals surface area contributed by atoms with Crippen molar-refractivity contribution in [3.05, 3.63) is 0 Å². The van der Waals surface area contributed by atoms with E-state index in [1.165, 1.54) is 38.5 Å². The van der Waals surface area contributed by atoms with Gasteiger partial charge < -0.3 is 0 Å². The predicted molar refractivity (Wildman–Crippen MR) is 64.4 cm³/mol. The van der Waals surface area contributed by atoms with Crippen molar-refractivity contribution in [1.82, 2.24) is 0 Å². The number of hydrogen-bond donors (Lipinski definition) is 0.